The number of aliphatic hydroxyl groups is 1. The van der Waals surface area contributed by atoms with Gasteiger partial charge in [-0.15, -0.1) is 0 Å². The maximum atomic E-state index is 9.81. The maximum absolute atomic E-state index is 9.81. The van der Waals surface area contributed by atoms with Crippen LogP contribution in [-0.2, 0) is 4.74 Å². The molecule has 0 unspecified atom stereocenters. The van der Waals surface area contributed by atoms with Crippen LogP contribution in [0.4, 0.5) is 0 Å². The first-order chi connectivity index (χ1) is 9.00. The van der Waals surface area contributed by atoms with Crippen molar-refractivity contribution < 1.29 is 20.1 Å². The molecule has 0 saturated heterocycles. The lowest BCUT2D eigenvalue weighted by Gasteiger charge is -2.23. The van der Waals surface area contributed by atoms with Crippen molar-refractivity contribution in [1.82, 2.24) is 0 Å². The summed E-state index contributed by atoms with van der Waals surface area (Å²) < 4.78 is 4.96. The minimum absolute atomic E-state index is 0.0153. The average Bonchev–Trinajstić information content (AvgIpc) is 2.37. The van der Waals surface area contributed by atoms with E-state index in [-0.39, 0.29) is 11.5 Å². The largest absolute Gasteiger partial charge is 0.508 e. The van der Waals surface area contributed by atoms with Crippen LogP contribution in [0.5, 0.6) is 11.5 Å². The predicted octanol–water partition coefficient (Wildman–Crippen LogP) is 2.33. The van der Waals surface area contributed by atoms with Crippen LogP contribution in [0.2, 0.25) is 0 Å². The SMILES string of the molecule is CO[C@@]1(O)C=CC(/C=C/c2cc(O)cc(O)c2)=CC1. The summed E-state index contributed by atoms with van der Waals surface area (Å²) in [5.74, 6) is -1.19. The molecule has 4 nitrogen and oxygen atoms in total. The van der Waals surface area contributed by atoms with E-state index in [0.717, 1.165) is 5.57 Å². The van der Waals surface area contributed by atoms with Gasteiger partial charge in [0.15, 0.2) is 5.79 Å². The van der Waals surface area contributed by atoms with Gasteiger partial charge in [0, 0.05) is 19.6 Å². The zero-order chi connectivity index (χ0) is 13.9. The van der Waals surface area contributed by atoms with Gasteiger partial charge in [-0.25, -0.2) is 0 Å². The molecule has 0 aromatic heterocycles. The first-order valence-corrected chi connectivity index (χ1v) is 5.89. The van der Waals surface area contributed by atoms with Crippen molar-refractivity contribution in [3.63, 3.8) is 0 Å². The molecule has 100 valence electrons. The number of methoxy groups -OCH3 is 1. The highest BCUT2D eigenvalue weighted by Gasteiger charge is 2.23. The first-order valence-electron chi connectivity index (χ1n) is 5.89. The molecule has 1 aromatic rings. The predicted molar refractivity (Wildman–Crippen MR) is 72.6 cm³/mol. The summed E-state index contributed by atoms with van der Waals surface area (Å²) in [6.07, 6.45) is 9.18. The van der Waals surface area contributed by atoms with E-state index in [1.54, 1.807) is 30.4 Å². The Morgan fingerprint density at radius 2 is 1.84 bits per heavy atom. The Morgan fingerprint density at radius 1 is 1.16 bits per heavy atom. The second kappa shape index (κ2) is 5.30. The van der Waals surface area contributed by atoms with E-state index in [2.05, 4.69) is 0 Å². The van der Waals surface area contributed by atoms with Crippen LogP contribution in [-0.4, -0.2) is 28.2 Å². The quantitative estimate of drug-likeness (QED) is 0.729. The van der Waals surface area contributed by atoms with E-state index < -0.39 is 5.79 Å². The molecule has 0 amide bonds. The molecule has 0 radical (unpaired) electrons. The molecule has 1 aliphatic rings. The number of allylic oxidation sites excluding steroid dienone is 3. The molecule has 2 rings (SSSR count). The standard InChI is InChI=1S/C15H16O4/c1-19-15(18)6-4-11(5-7-15)2-3-12-8-13(16)10-14(17)9-12/h2-6,8-10,16-18H,7H2,1H3/b3-2+/t15-/m0/s1. The number of hydrogen-bond donors (Lipinski definition) is 3. The molecular formula is C15H16O4. The summed E-state index contributed by atoms with van der Waals surface area (Å²) >= 11 is 0. The number of hydrogen-bond acceptors (Lipinski definition) is 4. The monoisotopic (exact) mass is 260 g/mol. The van der Waals surface area contributed by atoms with Crippen LogP contribution in [0.1, 0.15) is 12.0 Å². The minimum Gasteiger partial charge on any atom is -0.508 e. The summed E-state index contributed by atoms with van der Waals surface area (Å²) in [6.45, 7) is 0. The van der Waals surface area contributed by atoms with Gasteiger partial charge in [-0.05, 0) is 29.3 Å². The topological polar surface area (TPSA) is 69.9 Å². The molecule has 0 fully saturated rings. The average molecular weight is 260 g/mol. The van der Waals surface area contributed by atoms with E-state index in [0.29, 0.717) is 12.0 Å². The Bertz CT molecular complexity index is 537. The van der Waals surface area contributed by atoms with E-state index in [1.807, 2.05) is 12.2 Å². The van der Waals surface area contributed by atoms with Gasteiger partial charge in [0.05, 0.1) is 0 Å². The maximum Gasteiger partial charge on any atom is 0.188 e. The van der Waals surface area contributed by atoms with Gasteiger partial charge >= 0.3 is 0 Å². The third-order valence-corrected chi connectivity index (χ3v) is 2.91. The second-order valence-corrected chi connectivity index (χ2v) is 4.41. The highest BCUT2D eigenvalue weighted by Crippen LogP contribution is 2.24. The minimum atomic E-state index is -1.22. The fourth-order valence-electron chi connectivity index (χ4n) is 1.81. The third-order valence-electron chi connectivity index (χ3n) is 2.91. The smallest absolute Gasteiger partial charge is 0.188 e. The molecular weight excluding hydrogens is 244 g/mol. The molecule has 0 aliphatic heterocycles. The normalized spacial score (nSPS) is 22.7. The van der Waals surface area contributed by atoms with Gasteiger partial charge in [0.2, 0.25) is 0 Å². The van der Waals surface area contributed by atoms with Crippen LogP contribution in [0.15, 0.2) is 48.1 Å². The molecule has 1 aliphatic carbocycles. The van der Waals surface area contributed by atoms with E-state index >= 15 is 0 Å². The highest BCUT2D eigenvalue weighted by atomic mass is 16.6. The Morgan fingerprint density at radius 3 is 2.37 bits per heavy atom. The summed E-state index contributed by atoms with van der Waals surface area (Å²) in [5, 5.41) is 28.5. The van der Waals surface area contributed by atoms with Gasteiger partial charge in [0.25, 0.3) is 0 Å². The number of ether oxygens (including phenoxy) is 1. The van der Waals surface area contributed by atoms with E-state index in [1.165, 1.54) is 13.2 Å². The van der Waals surface area contributed by atoms with Crippen molar-refractivity contribution in [3.05, 3.63) is 53.6 Å². The lowest BCUT2D eigenvalue weighted by Crippen LogP contribution is -2.28. The summed E-state index contributed by atoms with van der Waals surface area (Å²) in [4.78, 5) is 0. The van der Waals surface area contributed by atoms with Crippen LogP contribution < -0.4 is 0 Å². The Balaban J connectivity index is 2.10. The van der Waals surface area contributed by atoms with Crippen molar-refractivity contribution >= 4 is 6.08 Å². The number of phenolic OH excluding ortho intramolecular Hbond substituents is 2. The lowest BCUT2D eigenvalue weighted by molar-refractivity contribution is -0.143. The Hall–Kier alpha value is -2.04. The molecule has 19 heavy (non-hydrogen) atoms. The molecule has 1 atom stereocenters. The number of phenols is 2. The van der Waals surface area contributed by atoms with Gasteiger partial charge in [-0.2, -0.15) is 0 Å². The lowest BCUT2D eigenvalue weighted by atomic mass is 10.0. The molecule has 0 spiro atoms. The fourth-order valence-corrected chi connectivity index (χ4v) is 1.81. The molecule has 0 heterocycles. The summed E-state index contributed by atoms with van der Waals surface area (Å²) in [6, 6.07) is 4.37. The number of benzene rings is 1. The van der Waals surface area contributed by atoms with E-state index in [9.17, 15) is 15.3 Å². The first kappa shape index (κ1) is 13.4. The van der Waals surface area contributed by atoms with Crippen molar-refractivity contribution in [3.8, 4) is 11.5 Å². The van der Waals surface area contributed by atoms with Crippen LogP contribution in [0.3, 0.4) is 0 Å². The van der Waals surface area contributed by atoms with Crippen molar-refractivity contribution in [2.75, 3.05) is 7.11 Å². The Kier molecular flexibility index (Phi) is 3.74. The zero-order valence-corrected chi connectivity index (χ0v) is 10.6. The van der Waals surface area contributed by atoms with Crippen molar-refractivity contribution in [2.24, 2.45) is 0 Å². The Labute approximate surface area is 111 Å². The van der Waals surface area contributed by atoms with Crippen LogP contribution >= 0.6 is 0 Å². The summed E-state index contributed by atoms with van der Waals surface area (Å²) in [7, 11) is 1.45. The number of rotatable bonds is 3. The molecule has 4 heteroatoms. The number of aromatic hydroxyl groups is 2. The molecule has 0 bridgehead atoms. The summed E-state index contributed by atoms with van der Waals surface area (Å²) in [5.41, 5.74) is 1.61. The molecule has 3 N–H and O–H groups in total. The highest BCUT2D eigenvalue weighted by molar-refractivity contribution is 5.58. The van der Waals surface area contributed by atoms with Gasteiger partial charge < -0.3 is 20.1 Å². The fraction of sp³-hybridized carbons (Fsp3) is 0.200. The molecule has 0 saturated carbocycles. The van der Waals surface area contributed by atoms with E-state index in [4.69, 9.17) is 4.74 Å². The van der Waals surface area contributed by atoms with Gasteiger partial charge in [-0.1, -0.05) is 24.3 Å². The molecule has 1 aromatic carbocycles. The third kappa shape index (κ3) is 3.47. The van der Waals surface area contributed by atoms with Gasteiger partial charge in [0.1, 0.15) is 11.5 Å². The van der Waals surface area contributed by atoms with Crippen molar-refractivity contribution in [1.29, 1.82) is 0 Å². The van der Waals surface area contributed by atoms with Crippen molar-refractivity contribution in [2.45, 2.75) is 12.2 Å². The van der Waals surface area contributed by atoms with Crippen LogP contribution in [0.25, 0.3) is 6.08 Å². The second-order valence-electron chi connectivity index (χ2n) is 4.41. The van der Waals surface area contributed by atoms with Gasteiger partial charge in [-0.3, -0.25) is 0 Å². The van der Waals surface area contributed by atoms with Crippen LogP contribution in [0, 0.1) is 0 Å². The zero-order valence-electron chi connectivity index (χ0n) is 10.6.